The van der Waals surface area contributed by atoms with E-state index in [9.17, 15) is 4.79 Å². The third-order valence-electron chi connectivity index (χ3n) is 4.50. The van der Waals surface area contributed by atoms with Crippen LogP contribution >= 0.6 is 0 Å². The fourth-order valence-electron chi connectivity index (χ4n) is 2.82. The van der Waals surface area contributed by atoms with Crippen LogP contribution < -0.4 is 20.7 Å². The topological polar surface area (TPSA) is 74.8 Å². The Morgan fingerprint density at radius 1 is 1.03 bits per heavy atom. The van der Waals surface area contributed by atoms with Crippen molar-refractivity contribution in [2.45, 2.75) is 26.2 Å². The van der Waals surface area contributed by atoms with E-state index in [4.69, 9.17) is 4.74 Å². The van der Waals surface area contributed by atoms with Crippen molar-refractivity contribution in [1.29, 1.82) is 0 Å². The van der Waals surface area contributed by atoms with E-state index >= 15 is 0 Å². The third kappa shape index (κ3) is 8.25. The van der Waals surface area contributed by atoms with Crippen molar-refractivity contribution in [1.82, 2.24) is 16.0 Å². The standard InChI is InChI=1S/C23H32N4O2/c1-18-9-11-21(12-10-18)29-16-5-4-14-26-23(25-3)27-15-13-19-7-6-8-20(17-19)22(28)24-2/h6-12,17H,4-5,13-16H2,1-3H3,(H,24,28)(H2,25,26,27). The first kappa shape index (κ1) is 22.3. The van der Waals surface area contributed by atoms with Gasteiger partial charge in [0.05, 0.1) is 6.61 Å². The second kappa shape index (κ2) is 12.4. The van der Waals surface area contributed by atoms with Gasteiger partial charge in [-0.3, -0.25) is 9.79 Å². The lowest BCUT2D eigenvalue weighted by Crippen LogP contribution is -2.38. The van der Waals surface area contributed by atoms with E-state index in [1.54, 1.807) is 14.1 Å². The SMILES string of the molecule is CN=C(NCCCCOc1ccc(C)cc1)NCCc1cccc(C(=O)NC)c1. The molecule has 1 amide bonds. The highest BCUT2D eigenvalue weighted by Gasteiger charge is 2.04. The summed E-state index contributed by atoms with van der Waals surface area (Å²) in [6.07, 6.45) is 2.79. The number of nitrogens with zero attached hydrogens (tertiary/aromatic N) is 1. The number of hydrogen-bond acceptors (Lipinski definition) is 3. The van der Waals surface area contributed by atoms with E-state index < -0.39 is 0 Å². The number of carbonyl (C=O) groups is 1. The molecule has 156 valence electrons. The number of aliphatic imine (C=N–C) groups is 1. The maximum absolute atomic E-state index is 11.7. The number of unbranched alkanes of at least 4 members (excludes halogenated alkanes) is 1. The Morgan fingerprint density at radius 3 is 2.52 bits per heavy atom. The summed E-state index contributed by atoms with van der Waals surface area (Å²) in [6.45, 7) is 4.35. The third-order valence-corrected chi connectivity index (χ3v) is 4.50. The van der Waals surface area contributed by atoms with Gasteiger partial charge >= 0.3 is 0 Å². The van der Waals surface area contributed by atoms with Crippen LogP contribution in [0, 0.1) is 6.92 Å². The van der Waals surface area contributed by atoms with E-state index in [1.807, 2.05) is 36.4 Å². The summed E-state index contributed by atoms with van der Waals surface area (Å²) < 4.78 is 5.74. The molecule has 2 rings (SSSR count). The van der Waals surface area contributed by atoms with Gasteiger partial charge in [-0.15, -0.1) is 0 Å². The van der Waals surface area contributed by atoms with Gasteiger partial charge in [-0.25, -0.2) is 0 Å². The van der Waals surface area contributed by atoms with Gasteiger partial charge in [0.25, 0.3) is 5.91 Å². The van der Waals surface area contributed by atoms with E-state index in [2.05, 4.69) is 40.0 Å². The van der Waals surface area contributed by atoms with Crippen molar-refractivity contribution < 1.29 is 9.53 Å². The second-order valence-electron chi connectivity index (χ2n) is 6.82. The Kier molecular flexibility index (Phi) is 9.55. The van der Waals surface area contributed by atoms with Crippen molar-refractivity contribution in [2.24, 2.45) is 4.99 Å². The number of ether oxygens (including phenoxy) is 1. The number of nitrogens with one attached hydrogen (secondary N) is 3. The number of benzene rings is 2. The molecule has 6 heteroatoms. The quantitative estimate of drug-likeness (QED) is 0.328. The molecule has 0 unspecified atom stereocenters. The number of rotatable bonds is 10. The first-order chi connectivity index (χ1) is 14.1. The molecule has 0 aliphatic carbocycles. The van der Waals surface area contributed by atoms with E-state index in [0.29, 0.717) is 12.2 Å². The molecule has 3 N–H and O–H groups in total. The molecule has 0 radical (unpaired) electrons. The fourth-order valence-corrected chi connectivity index (χ4v) is 2.82. The predicted molar refractivity (Wildman–Crippen MR) is 119 cm³/mol. The number of hydrogen-bond donors (Lipinski definition) is 3. The smallest absolute Gasteiger partial charge is 0.251 e. The molecule has 2 aromatic carbocycles. The zero-order chi connectivity index (χ0) is 20.9. The van der Waals surface area contributed by atoms with Crippen molar-refractivity contribution in [3.63, 3.8) is 0 Å². The Balaban J connectivity index is 1.60. The Hall–Kier alpha value is -3.02. The molecule has 29 heavy (non-hydrogen) atoms. The van der Waals surface area contributed by atoms with Crippen LogP contribution in [0.4, 0.5) is 0 Å². The molecule has 0 heterocycles. The Morgan fingerprint density at radius 2 is 1.79 bits per heavy atom. The van der Waals surface area contributed by atoms with Crippen LogP contribution in [0.5, 0.6) is 5.75 Å². The maximum atomic E-state index is 11.7. The summed E-state index contributed by atoms with van der Waals surface area (Å²) in [5.41, 5.74) is 3.03. The van der Waals surface area contributed by atoms with Crippen LogP contribution in [0.2, 0.25) is 0 Å². The van der Waals surface area contributed by atoms with Crippen molar-refractivity contribution in [3.05, 3.63) is 65.2 Å². The van der Waals surface area contributed by atoms with E-state index in [0.717, 1.165) is 49.6 Å². The summed E-state index contributed by atoms with van der Waals surface area (Å²) in [7, 11) is 3.41. The highest BCUT2D eigenvalue weighted by molar-refractivity contribution is 5.94. The minimum atomic E-state index is -0.0661. The fraction of sp³-hybridized carbons (Fsp3) is 0.391. The number of guanidine groups is 1. The molecule has 0 spiro atoms. The zero-order valence-electron chi connectivity index (χ0n) is 17.6. The molecular weight excluding hydrogens is 364 g/mol. The van der Waals surface area contributed by atoms with Crippen LogP contribution in [0.1, 0.15) is 34.3 Å². The predicted octanol–water partition coefficient (Wildman–Crippen LogP) is 2.92. The lowest BCUT2D eigenvalue weighted by atomic mass is 10.1. The van der Waals surface area contributed by atoms with Gasteiger partial charge in [0, 0.05) is 32.7 Å². The van der Waals surface area contributed by atoms with Crippen LogP contribution in [0.15, 0.2) is 53.5 Å². The lowest BCUT2D eigenvalue weighted by molar-refractivity contribution is 0.0963. The monoisotopic (exact) mass is 396 g/mol. The van der Waals surface area contributed by atoms with Gasteiger partial charge in [0.1, 0.15) is 5.75 Å². The molecule has 2 aromatic rings. The Labute approximate surface area is 173 Å². The lowest BCUT2D eigenvalue weighted by Gasteiger charge is -2.12. The maximum Gasteiger partial charge on any atom is 0.251 e. The van der Waals surface area contributed by atoms with Crippen LogP contribution in [0.3, 0.4) is 0 Å². The highest BCUT2D eigenvalue weighted by Crippen LogP contribution is 2.11. The largest absolute Gasteiger partial charge is 0.494 e. The average Bonchev–Trinajstić information content (AvgIpc) is 2.75. The van der Waals surface area contributed by atoms with Crippen LogP contribution in [-0.4, -0.2) is 45.7 Å². The molecule has 0 aliphatic heterocycles. The van der Waals surface area contributed by atoms with Crippen LogP contribution in [-0.2, 0) is 6.42 Å². The number of aryl methyl sites for hydroxylation is 1. The summed E-state index contributed by atoms with van der Waals surface area (Å²) in [6, 6.07) is 15.8. The molecular formula is C23H32N4O2. The summed E-state index contributed by atoms with van der Waals surface area (Å²) in [5.74, 6) is 1.64. The molecule has 0 atom stereocenters. The van der Waals surface area contributed by atoms with Gasteiger partial charge in [0.2, 0.25) is 0 Å². The first-order valence-corrected chi connectivity index (χ1v) is 10.1. The highest BCUT2D eigenvalue weighted by atomic mass is 16.5. The average molecular weight is 397 g/mol. The normalized spacial score (nSPS) is 11.1. The summed E-state index contributed by atoms with van der Waals surface area (Å²) >= 11 is 0. The molecule has 0 aliphatic rings. The molecule has 0 fully saturated rings. The van der Waals surface area contributed by atoms with Gasteiger partial charge in [-0.2, -0.15) is 0 Å². The first-order valence-electron chi connectivity index (χ1n) is 10.1. The molecule has 0 saturated carbocycles. The minimum Gasteiger partial charge on any atom is -0.494 e. The Bertz CT molecular complexity index is 788. The number of carbonyl (C=O) groups excluding carboxylic acids is 1. The van der Waals surface area contributed by atoms with Gasteiger partial charge in [-0.05, 0) is 56.0 Å². The molecule has 0 saturated heterocycles. The minimum absolute atomic E-state index is 0.0661. The molecule has 6 nitrogen and oxygen atoms in total. The molecule has 0 bridgehead atoms. The van der Waals surface area contributed by atoms with Crippen molar-refractivity contribution in [2.75, 3.05) is 33.8 Å². The second-order valence-corrected chi connectivity index (χ2v) is 6.82. The summed E-state index contributed by atoms with van der Waals surface area (Å²) in [5, 5.41) is 9.28. The van der Waals surface area contributed by atoms with E-state index in [1.165, 1.54) is 5.56 Å². The molecule has 0 aromatic heterocycles. The van der Waals surface area contributed by atoms with Crippen LogP contribution in [0.25, 0.3) is 0 Å². The van der Waals surface area contributed by atoms with Crippen molar-refractivity contribution >= 4 is 11.9 Å². The number of amides is 1. The van der Waals surface area contributed by atoms with Crippen molar-refractivity contribution in [3.8, 4) is 5.75 Å². The zero-order valence-corrected chi connectivity index (χ0v) is 17.6. The van der Waals surface area contributed by atoms with E-state index in [-0.39, 0.29) is 5.91 Å². The van der Waals surface area contributed by atoms with Gasteiger partial charge in [0.15, 0.2) is 5.96 Å². The van der Waals surface area contributed by atoms with Gasteiger partial charge < -0.3 is 20.7 Å². The summed E-state index contributed by atoms with van der Waals surface area (Å²) in [4.78, 5) is 16.0. The van der Waals surface area contributed by atoms with Gasteiger partial charge in [-0.1, -0.05) is 29.8 Å².